The molecule has 0 aromatic carbocycles. The first kappa shape index (κ1) is 14.7. The van der Waals surface area contributed by atoms with Crippen molar-refractivity contribution in [3.8, 4) is 0 Å². The molecule has 0 nitrogen and oxygen atoms in total. The van der Waals surface area contributed by atoms with Crippen LogP contribution in [-0.2, 0) is 0 Å². The van der Waals surface area contributed by atoms with E-state index >= 15 is 0 Å². The fourth-order valence-corrected chi connectivity index (χ4v) is 2.16. The van der Waals surface area contributed by atoms with Gasteiger partial charge in [0.05, 0.1) is 0 Å². The Morgan fingerprint density at radius 2 is 1.73 bits per heavy atom. The van der Waals surface area contributed by atoms with E-state index in [9.17, 15) is 0 Å². The summed E-state index contributed by atoms with van der Waals surface area (Å²) in [4.78, 5) is 0. The molecule has 2 atom stereocenters. The summed E-state index contributed by atoms with van der Waals surface area (Å²) >= 11 is 0. The van der Waals surface area contributed by atoms with Gasteiger partial charge in [0.25, 0.3) is 0 Å². The summed E-state index contributed by atoms with van der Waals surface area (Å²) < 4.78 is 0. The van der Waals surface area contributed by atoms with Crippen molar-refractivity contribution < 1.29 is 0 Å². The van der Waals surface area contributed by atoms with Gasteiger partial charge in [-0.15, -0.1) is 0 Å². The van der Waals surface area contributed by atoms with Gasteiger partial charge in [0.15, 0.2) is 0 Å². The predicted molar refractivity (Wildman–Crippen MR) is 71.1 cm³/mol. The lowest BCUT2D eigenvalue weighted by Crippen LogP contribution is -2.00. The predicted octanol–water partition coefficient (Wildman–Crippen LogP) is 5.59. The van der Waals surface area contributed by atoms with E-state index in [0.29, 0.717) is 0 Å². The Morgan fingerprint density at radius 1 is 1.00 bits per heavy atom. The average molecular weight is 210 g/mol. The smallest absolute Gasteiger partial charge is 0.0259 e. The van der Waals surface area contributed by atoms with Crippen LogP contribution in [0.5, 0.6) is 0 Å². The standard InChI is InChI=1S/C15H30/c1-5-7-8-9-10-12-15(4)13-14(3)11-6-2/h10,12,14-15H,5-9,11,13H2,1-4H3. The van der Waals surface area contributed by atoms with E-state index in [1.807, 2.05) is 0 Å². The molecule has 0 fully saturated rings. The van der Waals surface area contributed by atoms with E-state index in [4.69, 9.17) is 0 Å². The molecular weight excluding hydrogens is 180 g/mol. The molecule has 0 aliphatic rings. The quantitative estimate of drug-likeness (QED) is 0.344. The Bertz CT molecular complexity index is 146. The van der Waals surface area contributed by atoms with Gasteiger partial charge in [-0.25, -0.2) is 0 Å². The molecule has 0 aromatic heterocycles. The molecule has 0 aromatic rings. The van der Waals surface area contributed by atoms with Crippen LogP contribution in [0.15, 0.2) is 12.2 Å². The Kier molecular flexibility index (Phi) is 10.1. The molecule has 0 rings (SSSR count). The highest BCUT2D eigenvalue weighted by Gasteiger charge is 2.04. The minimum Gasteiger partial charge on any atom is -0.0883 e. The lowest BCUT2D eigenvalue weighted by atomic mass is 9.93. The van der Waals surface area contributed by atoms with Crippen LogP contribution in [0.2, 0.25) is 0 Å². The second-order valence-corrected chi connectivity index (χ2v) is 5.03. The van der Waals surface area contributed by atoms with Crippen LogP contribution in [0.3, 0.4) is 0 Å². The van der Waals surface area contributed by atoms with Crippen LogP contribution in [0.1, 0.15) is 72.6 Å². The fraction of sp³-hybridized carbons (Fsp3) is 0.867. The Morgan fingerprint density at radius 3 is 2.33 bits per heavy atom. The Labute approximate surface area is 97.2 Å². The van der Waals surface area contributed by atoms with Crippen LogP contribution >= 0.6 is 0 Å². The molecule has 15 heavy (non-hydrogen) atoms. The monoisotopic (exact) mass is 210 g/mol. The average Bonchev–Trinajstić information content (AvgIpc) is 2.17. The minimum atomic E-state index is 0.771. The van der Waals surface area contributed by atoms with Crippen molar-refractivity contribution in [3.05, 3.63) is 12.2 Å². The van der Waals surface area contributed by atoms with Crippen LogP contribution in [0.4, 0.5) is 0 Å². The van der Waals surface area contributed by atoms with Crippen molar-refractivity contribution in [1.82, 2.24) is 0 Å². The molecule has 0 heterocycles. The van der Waals surface area contributed by atoms with Gasteiger partial charge in [0, 0.05) is 0 Å². The van der Waals surface area contributed by atoms with Gasteiger partial charge in [-0.3, -0.25) is 0 Å². The third-order valence-corrected chi connectivity index (χ3v) is 2.99. The van der Waals surface area contributed by atoms with Gasteiger partial charge in [-0.1, -0.05) is 65.5 Å². The van der Waals surface area contributed by atoms with E-state index in [0.717, 1.165) is 11.8 Å². The molecule has 0 N–H and O–H groups in total. The van der Waals surface area contributed by atoms with Crippen molar-refractivity contribution >= 4 is 0 Å². The molecule has 0 bridgehead atoms. The number of hydrogen-bond acceptors (Lipinski definition) is 0. The van der Waals surface area contributed by atoms with Crippen molar-refractivity contribution in [1.29, 1.82) is 0 Å². The third-order valence-electron chi connectivity index (χ3n) is 2.99. The topological polar surface area (TPSA) is 0 Å². The largest absolute Gasteiger partial charge is 0.0883 e. The van der Waals surface area contributed by atoms with Gasteiger partial charge in [-0.2, -0.15) is 0 Å². The molecule has 90 valence electrons. The highest BCUT2D eigenvalue weighted by atomic mass is 14.1. The second-order valence-electron chi connectivity index (χ2n) is 5.03. The van der Waals surface area contributed by atoms with E-state index in [1.165, 1.54) is 44.9 Å². The first-order chi connectivity index (χ1) is 7.20. The summed E-state index contributed by atoms with van der Waals surface area (Å²) in [5, 5.41) is 0. The van der Waals surface area contributed by atoms with Crippen LogP contribution < -0.4 is 0 Å². The van der Waals surface area contributed by atoms with Crippen molar-refractivity contribution in [2.45, 2.75) is 72.6 Å². The minimum absolute atomic E-state index is 0.771. The van der Waals surface area contributed by atoms with Gasteiger partial charge in [0.2, 0.25) is 0 Å². The summed E-state index contributed by atoms with van der Waals surface area (Å²) in [6.07, 6.45) is 14.2. The zero-order valence-electron chi connectivity index (χ0n) is 11.3. The Hall–Kier alpha value is -0.260. The number of hydrogen-bond donors (Lipinski definition) is 0. The van der Waals surface area contributed by atoms with Crippen LogP contribution in [0, 0.1) is 11.8 Å². The molecular formula is C15H30. The molecule has 0 spiro atoms. The first-order valence-electron chi connectivity index (χ1n) is 6.87. The molecule has 0 saturated heterocycles. The van der Waals surface area contributed by atoms with E-state index in [1.54, 1.807) is 0 Å². The zero-order valence-corrected chi connectivity index (χ0v) is 11.3. The molecule has 0 amide bonds. The Balaban J connectivity index is 3.49. The molecule has 0 heteroatoms. The summed E-state index contributed by atoms with van der Waals surface area (Å²) in [7, 11) is 0. The number of unbranched alkanes of at least 4 members (excludes halogenated alkanes) is 3. The van der Waals surface area contributed by atoms with Crippen molar-refractivity contribution in [2.24, 2.45) is 11.8 Å². The van der Waals surface area contributed by atoms with Gasteiger partial charge < -0.3 is 0 Å². The maximum absolute atomic E-state index is 2.42. The van der Waals surface area contributed by atoms with Gasteiger partial charge >= 0.3 is 0 Å². The maximum atomic E-state index is 2.42. The summed E-state index contributed by atoms with van der Waals surface area (Å²) in [5.74, 6) is 1.67. The third kappa shape index (κ3) is 10.0. The normalized spacial score (nSPS) is 15.7. The maximum Gasteiger partial charge on any atom is -0.0259 e. The second kappa shape index (κ2) is 10.3. The molecule has 0 radical (unpaired) electrons. The zero-order chi connectivity index (χ0) is 11.5. The van der Waals surface area contributed by atoms with Gasteiger partial charge in [0.1, 0.15) is 0 Å². The van der Waals surface area contributed by atoms with E-state index < -0.39 is 0 Å². The van der Waals surface area contributed by atoms with Crippen molar-refractivity contribution in [2.75, 3.05) is 0 Å². The van der Waals surface area contributed by atoms with Crippen LogP contribution in [0.25, 0.3) is 0 Å². The van der Waals surface area contributed by atoms with E-state index in [2.05, 4.69) is 39.8 Å². The SMILES string of the molecule is CCCCCC=CC(C)CC(C)CCC. The lowest BCUT2D eigenvalue weighted by Gasteiger charge is -2.13. The molecule has 0 saturated carbocycles. The molecule has 0 aliphatic heterocycles. The van der Waals surface area contributed by atoms with Gasteiger partial charge in [-0.05, 0) is 31.1 Å². The number of allylic oxidation sites excluding steroid dienone is 2. The highest BCUT2D eigenvalue weighted by molar-refractivity contribution is 4.86. The first-order valence-corrected chi connectivity index (χ1v) is 6.87. The molecule has 2 unspecified atom stereocenters. The highest BCUT2D eigenvalue weighted by Crippen LogP contribution is 2.17. The summed E-state index contributed by atoms with van der Waals surface area (Å²) in [6.45, 7) is 9.27. The van der Waals surface area contributed by atoms with E-state index in [-0.39, 0.29) is 0 Å². The van der Waals surface area contributed by atoms with Crippen molar-refractivity contribution in [3.63, 3.8) is 0 Å². The molecule has 0 aliphatic carbocycles. The summed E-state index contributed by atoms with van der Waals surface area (Å²) in [5.41, 5.74) is 0. The number of rotatable bonds is 9. The van der Waals surface area contributed by atoms with Crippen LogP contribution in [-0.4, -0.2) is 0 Å². The fourth-order valence-electron chi connectivity index (χ4n) is 2.16. The lowest BCUT2D eigenvalue weighted by molar-refractivity contribution is 0.434. The summed E-state index contributed by atoms with van der Waals surface area (Å²) in [6, 6.07) is 0.